The molecule has 92 valence electrons. The van der Waals surface area contributed by atoms with E-state index in [1.54, 1.807) is 24.3 Å². The van der Waals surface area contributed by atoms with Gasteiger partial charge in [-0.15, -0.1) is 0 Å². The number of hydrogen-bond acceptors (Lipinski definition) is 1. The smallest absolute Gasteiger partial charge is 0.175 e. The van der Waals surface area contributed by atoms with Crippen LogP contribution in [0.3, 0.4) is 0 Å². The van der Waals surface area contributed by atoms with Gasteiger partial charge in [-0.25, -0.2) is 4.39 Å². The number of hydrogen-bond donors (Lipinski definition) is 2. The zero-order valence-electron chi connectivity index (χ0n) is 9.28. The van der Waals surface area contributed by atoms with Gasteiger partial charge in [0.25, 0.3) is 0 Å². The van der Waals surface area contributed by atoms with E-state index in [0.717, 1.165) is 5.69 Å². The van der Waals surface area contributed by atoms with Gasteiger partial charge in [0.1, 0.15) is 5.82 Å². The molecule has 0 spiro atoms. The van der Waals surface area contributed by atoms with Crippen molar-refractivity contribution >= 4 is 40.3 Å². The summed E-state index contributed by atoms with van der Waals surface area (Å²) < 4.78 is 13.0. The summed E-state index contributed by atoms with van der Waals surface area (Å²) >= 11 is 11.0. The fourth-order valence-electron chi connectivity index (χ4n) is 1.43. The normalized spacial score (nSPS) is 9.89. The highest BCUT2D eigenvalue weighted by molar-refractivity contribution is 7.80. The van der Waals surface area contributed by atoms with Crippen molar-refractivity contribution in [1.29, 1.82) is 0 Å². The van der Waals surface area contributed by atoms with Crippen LogP contribution < -0.4 is 10.6 Å². The molecule has 0 saturated carbocycles. The minimum absolute atomic E-state index is 0.314. The molecule has 2 N–H and O–H groups in total. The topological polar surface area (TPSA) is 24.1 Å². The van der Waals surface area contributed by atoms with E-state index >= 15 is 0 Å². The maximum absolute atomic E-state index is 13.0. The highest BCUT2D eigenvalue weighted by Gasteiger charge is 2.00. The molecular formula is C13H10ClFN2S. The largest absolute Gasteiger partial charge is 0.332 e. The van der Waals surface area contributed by atoms with Gasteiger partial charge in [0.15, 0.2) is 5.11 Å². The molecule has 0 aliphatic carbocycles. The molecule has 5 heteroatoms. The first-order valence-corrected chi connectivity index (χ1v) is 6.01. The maximum atomic E-state index is 13.0. The van der Waals surface area contributed by atoms with Crippen molar-refractivity contribution in [3.05, 3.63) is 59.4 Å². The minimum Gasteiger partial charge on any atom is -0.332 e. The fourth-order valence-corrected chi connectivity index (χ4v) is 1.85. The van der Waals surface area contributed by atoms with Crippen molar-refractivity contribution in [2.24, 2.45) is 0 Å². The van der Waals surface area contributed by atoms with E-state index in [1.165, 1.54) is 12.1 Å². The second kappa shape index (κ2) is 5.80. The SMILES string of the molecule is Fc1cccc(NC(=S)Nc2cccc(Cl)c2)c1. The van der Waals surface area contributed by atoms with Gasteiger partial charge in [0, 0.05) is 16.4 Å². The van der Waals surface area contributed by atoms with E-state index in [4.69, 9.17) is 23.8 Å². The highest BCUT2D eigenvalue weighted by atomic mass is 35.5. The molecule has 0 unspecified atom stereocenters. The van der Waals surface area contributed by atoms with Crippen LogP contribution in [0.1, 0.15) is 0 Å². The lowest BCUT2D eigenvalue weighted by Crippen LogP contribution is -2.19. The summed E-state index contributed by atoms with van der Waals surface area (Å²) in [7, 11) is 0. The molecule has 0 saturated heterocycles. The predicted octanol–water partition coefficient (Wildman–Crippen LogP) is 4.29. The van der Waals surface area contributed by atoms with Crippen LogP contribution in [0, 0.1) is 5.82 Å². The van der Waals surface area contributed by atoms with Crippen LogP contribution in [-0.2, 0) is 0 Å². The van der Waals surface area contributed by atoms with Crippen LogP contribution in [0.15, 0.2) is 48.5 Å². The second-order valence-corrected chi connectivity index (χ2v) is 4.44. The summed E-state index contributed by atoms with van der Waals surface area (Å²) in [5.41, 5.74) is 1.37. The van der Waals surface area contributed by atoms with E-state index in [0.29, 0.717) is 15.8 Å². The molecule has 0 radical (unpaired) electrons. The van der Waals surface area contributed by atoms with Gasteiger partial charge >= 0.3 is 0 Å². The Morgan fingerprint density at radius 2 is 1.61 bits per heavy atom. The van der Waals surface area contributed by atoms with Crippen molar-refractivity contribution in [2.45, 2.75) is 0 Å². The first kappa shape index (κ1) is 12.8. The zero-order valence-corrected chi connectivity index (χ0v) is 10.9. The predicted molar refractivity (Wildman–Crippen MR) is 77.7 cm³/mol. The summed E-state index contributed by atoms with van der Waals surface area (Å²) in [6.07, 6.45) is 0. The Kier molecular flexibility index (Phi) is 4.12. The lowest BCUT2D eigenvalue weighted by Gasteiger charge is -2.10. The Hall–Kier alpha value is -1.65. The van der Waals surface area contributed by atoms with Gasteiger partial charge in [-0.2, -0.15) is 0 Å². The van der Waals surface area contributed by atoms with Crippen molar-refractivity contribution in [1.82, 2.24) is 0 Å². The third-order valence-corrected chi connectivity index (χ3v) is 2.60. The van der Waals surface area contributed by atoms with Gasteiger partial charge in [0.05, 0.1) is 0 Å². The number of nitrogens with one attached hydrogen (secondary N) is 2. The van der Waals surface area contributed by atoms with Crippen molar-refractivity contribution in [3.8, 4) is 0 Å². The van der Waals surface area contributed by atoms with E-state index in [2.05, 4.69) is 10.6 Å². The molecule has 2 aromatic rings. The lowest BCUT2D eigenvalue weighted by molar-refractivity contribution is 0.628. The third kappa shape index (κ3) is 3.68. The van der Waals surface area contributed by atoms with Crippen LogP contribution in [0.5, 0.6) is 0 Å². The molecule has 2 rings (SSSR count). The van der Waals surface area contributed by atoms with Crippen LogP contribution in [-0.4, -0.2) is 5.11 Å². The van der Waals surface area contributed by atoms with Crippen LogP contribution >= 0.6 is 23.8 Å². The highest BCUT2D eigenvalue weighted by Crippen LogP contribution is 2.15. The molecule has 0 aromatic heterocycles. The fraction of sp³-hybridized carbons (Fsp3) is 0. The molecule has 0 heterocycles. The Balaban J connectivity index is 2.01. The molecule has 0 atom stereocenters. The number of benzene rings is 2. The molecule has 0 aliphatic rings. The number of thiocarbonyl (C=S) groups is 1. The second-order valence-electron chi connectivity index (χ2n) is 3.60. The molecule has 0 bridgehead atoms. The van der Waals surface area contributed by atoms with E-state index in [-0.39, 0.29) is 5.82 Å². The number of anilines is 2. The van der Waals surface area contributed by atoms with Crippen LogP contribution in [0.4, 0.5) is 15.8 Å². The maximum Gasteiger partial charge on any atom is 0.175 e. The van der Waals surface area contributed by atoms with Gasteiger partial charge in [-0.1, -0.05) is 23.7 Å². The molecule has 0 aliphatic heterocycles. The molecule has 2 nitrogen and oxygen atoms in total. The number of halogens is 2. The number of rotatable bonds is 2. The van der Waals surface area contributed by atoms with Crippen molar-refractivity contribution < 1.29 is 4.39 Å². The Labute approximate surface area is 115 Å². The summed E-state index contributed by atoms with van der Waals surface area (Å²) in [5.74, 6) is -0.314. The molecule has 2 aromatic carbocycles. The lowest BCUT2D eigenvalue weighted by atomic mass is 10.3. The van der Waals surface area contributed by atoms with Crippen LogP contribution in [0.2, 0.25) is 5.02 Å². The average molecular weight is 281 g/mol. The van der Waals surface area contributed by atoms with Crippen molar-refractivity contribution in [3.63, 3.8) is 0 Å². The summed E-state index contributed by atoms with van der Waals surface area (Å²) in [6, 6.07) is 13.3. The first-order chi connectivity index (χ1) is 8.63. The van der Waals surface area contributed by atoms with E-state index in [1.807, 2.05) is 12.1 Å². The van der Waals surface area contributed by atoms with Crippen molar-refractivity contribution in [2.75, 3.05) is 10.6 Å². The monoisotopic (exact) mass is 280 g/mol. The van der Waals surface area contributed by atoms with Gasteiger partial charge in [-0.05, 0) is 48.6 Å². The average Bonchev–Trinajstić information content (AvgIpc) is 2.28. The Bertz CT molecular complexity index is 525. The standard InChI is InChI=1S/C13H10ClFN2S/c14-9-3-1-5-11(7-9)16-13(18)17-12-6-2-4-10(15)8-12/h1-8H,(H2,16,17,18). The minimum atomic E-state index is -0.314. The van der Waals surface area contributed by atoms with E-state index in [9.17, 15) is 4.39 Å². The molecule has 0 fully saturated rings. The quantitative estimate of drug-likeness (QED) is 0.803. The summed E-state index contributed by atoms with van der Waals surface area (Å²) in [6.45, 7) is 0. The zero-order chi connectivity index (χ0) is 13.0. The van der Waals surface area contributed by atoms with Gasteiger partial charge < -0.3 is 10.6 Å². The summed E-state index contributed by atoms with van der Waals surface area (Å²) in [5, 5.41) is 6.85. The molecule has 0 amide bonds. The first-order valence-electron chi connectivity index (χ1n) is 5.22. The Morgan fingerprint density at radius 3 is 2.22 bits per heavy atom. The van der Waals surface area contributed by atoms with Crippen LogP contribution in [0.25, 0.3) is 0 Å². The third-order valence-electron chi connectivity index (χ3n) is 2.16. The van der Waals surface area contributed by atoms with Gasteiger partial charge in [-0.3, -0.25) is 0 Å². The molecule has 18 heavy (non-hydrogen) atoms. The van der Waals surface area contributed by atoms with E-state index < -0.39 is 0 Å². The molecular weight excluding hydrogens is 271 g/mol. The van der Waals surface area contributed by atoms with Gasteiger partial charge in [0.2, 0.25) is 0 Å². The Morgan fingerprint density at radius 1 is 1.00 bits per heavy atom. The summed E-state index contributed by atoms with van der Waals surface area (Å²) in [4.78, 5) is 0.